The molecule has 3 nitrogen and oxygen atoms in total. The lowest BCUT2D eigenvalue weighted by molar-refractivity contribution is -0.137. The fourth-order valence-electron chi connectivity index (χ4n) is 2.37. The summed E-state index contributed by atoms with van der Waals surface area (Å²) in [6.45, 7) is 0. The van der Waals surface area contributed by atoms with Crippen molar-refractivity contribution in [1.29, 1.82) is 0 Å². The molecule has 0 N–H and O–H groups in total. The van der Waals surface area contributed by atoms with Crippen LogP contribution in [0, 0.1) is 0 Å². The Morgan fingerprint density at radius 3 is 2.30 bits per heavy atom. The number of nitrogens with zero attached hydrogens (tertiary/aromatic N) is 1. The number of methoxy groups -OCH3 is 1. The van der Waals surface area contributed by atoms with Gasteiger partial charge in [0.25, 0.3) is 5.56 Å². The maximum absolute atomic E-state index is 12.6. The second kappa shape index (κ2) is 5.46. The van der Waals surface area contributed by atoms with E-state index in [-0.39, 0.29) is 5.56 Å². The van der Waals surface area contributed by atoms with Gasteiger partial charge in [-0.3, -0.25) is 9.36 Å². The van der Waals surface area contributed by atoms with E-state index in [1.54, 1.807) is 24.3 Å². The second-order valence-corrected chi connectivity index (χ2v) is 4.99. The van der Waals surface area contributed by atoms with Gasteiger partial charge in [0.2, 0.25) is 0 Å². The maximum atomic E-state index is 12.6. The van der Waals surface area contributed by atoms with E-state index in [4.69, 9.17) is 4.74 Å². The van der Waals surface area contributed by atoms with Crippen molar-refractivity contribution in [2.24, 2.45) is 0 Å². The molecule has 2 aromatic carbocycles. The molecule has 0 saturated carbocycles. The summed E-state index contributed by atoms with van der Waals surface area (Å²) in [6.07, 6.45) is -2.86. The molecule has 0 amide bonds. The minimum absolute atomic E-state index is 0.301. The number of rotatable bonds is 2. The van der Waals surface area contributed by atoms with Gasteiger partial charge in [-0.25, -0.2) is 0 Å². The Balaban J connectivity index is 2.10. The van der Waals surface area contributed by atoms with Gasteiger partial charge in [0.15, 0.2) is 0 Å². The zero-order chi connectivity index (χ0) is 16.6. The predicted octanol–water partition coefficient (Wildman–Crippen LogP) is 4.02. The molecular weight excluding hydrogens is 307 g/mol. The molecule has 0 bridgehead atoms. The van der Waals surface area contributed by atoms with E-state index in [1.807, 2.05) is 0 Å². The standard InChI is InChI=1S/C17H12F3NO2/c1-23-14-6-7-15-11(10-14)8-9-21(16(15)22)13-4-2-12(3-5-13)17(18,19)20/h2-10H,1H3. The molecule has 0 aliphatic carbocycles. The molecule has 1 heterocycles. The molecule has 0 aliphatic heterocycles. The highest BCUT2D eigenvalue weighted by Crippen LogP contribution is 2.29. The molecule has 0 atom stereocenters. The second-order valence-electron chi connectivity index (χ2n) is 4.99. The van der Waals surface area contributed by atoms with Crippen LogP contribution in [0.3, 0.4) is 0 Å². The van der Waals surface area contributed by atoms with Crippen molar-refractivity contribution in [1.82, 2.24) is 4.57 Å². The molecule has 3 rings (SSSR count). The molecule has 6 heteroatoms. The lowest BCUT2D eigenvalue weighted by atomic mass is 10.1. The Labute approximate surface area is 129 Å². The normalized spacial score (nSPS) is 11.7. The van der Waals surface area contributed by atoms with E-state index in [9.17, 15) is 18.0 Å². The van der Waals surface area contributed by atoms with Crippen LogP contribution in [-0.4, -0.2) is 11.7 Å². The summed E-state index contributed by atoms with van der Waals surface area (Å²) in [5, 5.41) is 1.17. The third-order valence-corrected chi connectivity index (χ3v) is 3.58. The SMILES string of the molecule is COc1ccc2c(=O)n(-c3ccc(C(F)(F)F)cc3)ccc2c1. The smallest absolute Gasteiger partial charge is 0.416 e. The van der Waals surface area contributed by atoms with Crippen molar-refractivity contribution in [2.75, 3.05) is 7.11 Å². The van der Waals surface area contributed by atoms with Gasteiger partial charge in [-0.1, -0.05) is 0 Å². The number of halogens is 3. The van der Waals surface area contributed by atoms with Gasteiger partial charge in [0.1, 0.15) is 5.75 Å². The van der Waals surface area contributed by atoms with Gasteiger partial charge in [-0.05, 0) is 53.9 Å². The summed E-state index contributed by atoms with van der Waals surface area (Å²) in [7, 11) is 1.53. The van der Waals surface area contributed by atoms with Crippen LogP contribution in [0.15, 0.2) is 59.5 Å². The van der Waals surface area contributed by atoms with Crippen LogP contribution in [0.25, 0.3) is 16.5 Å². The first-order chi connectivity index (χ1) is 10.9. The van der Waals surface area contributed by atoms with E-state index in [0.29, 0.717) is 22.2 Å². The minimum Gasteiger partial charge on any atom is -0.497 e. The van der Waals surface area contributed by atoms with Crippen LogP contribution in [0.2, 0.25) is 0 Å². The van der Waals surface area contributed by atoms with Crippen LogP contribution in [0.4, 0.5) is 13.2 Å². The lowest BCUT2D eigenvalue weighted by Crippen LogP contribution is -2.17. The van der Waals surface area contributed by atoms with Gasteiger partial charge < -0.3 is 4.74 Å². The monoisotopic (exact) mass is 319 g/mol. The van der Waals surface area contributed by atoms with Crippen LogP contribution >= 0.6 is 0 Å². The zero-order valence-corrected chi connectivity index (χ0v) is 12.1. The summed E-state index contributed by atoms with van der Waals surface area (Å²) in [5.41, 5.74) is -0.676. The molecule has 0 spiro atoms. The molecule has 0 saturated heterocycles. The Morgan fingerprint density at radius 1 is 1.00 bits per heavy atom. The van der Waals surface area contributed by atoms with E-state index in [2.05, 4.69) is 0 Å². The van der Waals surface area contributed by atoms with Crippen LogP contribution in [-0.2, 0) is 6.18 Å². The molecule has 118 valence electrons. The van der Waals surface area contributed by atoms with E-state index >= 15 is 0 Å². The van der Waals surface area contributed by atoms with Crippen LogP contribution in [0.5, 0.6) is 5.75 Å². The highest BCUT2D eigenvalue weighted by molar-refractivity contribution is 5.83. The molecule has 0 fully saturated rings. The number of alkyl halides is 3. The molecule has 3 aromatic rings. The van der Waals surface area contributed by atoms with Gasteiger partial charge >= 0.3 is 6.18 Å². The third kappa shape index (κ3) is 2.79. The molecule has 0 aliphatic rings. The van der Waals surface area contributed by atoms with E-state index < -0.39 is 11.7 Å². The number of ether oxygens (including phenoxy) is 1. The molecule has 23 heavy (non-hydrogen) atoms. The van der Waals surface area contributed by atoms with Crippen molar-refractivity contribution in [3.63, 3.8) is 0 Å². The summed E-state index contributed by atoms with van der Waals surface area (Å²) in [5.74, 6) is 0.629. The number of hydrogen-bond donors (Lipinski definition) is 0. The number of benzene rings is 2. The summed E-state index contributed by atoms with van der Waals surface area (Å²) < 4.78 is 44.2. The number of hydrogen-bond acceptors (Lipinski definition) is 2. The first-order valence-electron chi connectivity index (χ1n) is 6.77. The number of pyridine rings is 1. The topological polar surface area (TPSA) is 31.2 Å². The van der Waals surface area contributed by atoms with Gasteiger partial charge in [0, 0.05) is 17.3 Å². The van der Waals surface area contributed by atoms with Crippen LogP contribution < -0.4 is 10.3 Å². The highest BCUT2D eigenvalue weighted by Gasteiger charge is 2.30. The predicted molar refractivity (Wildman–Crippen MR) is 81.1 cm³/mol. The average Bonchev–Trinajstić information content (AvgIpc) is 2.54. The molecular formula is C17H12F3NO2. The van der Waals surface area contributed by atoms with E-state index in [0.717, 1.165) is 12.1 Å². The van der Waals surface area contributed by atoms with Crippen LogP contribution in [0.1, 0.15) is 5.56 Å². The van der Waals surface area contributed by atoms with Gasteiger partial charge in [-0.15, -0.1) is 0 Å². The first-order valence-corrected chi connectivity index (χ1v) is 6.77. The lowest BCUT2D eigenvalue weighted by Gasteiger charge is -2.10. The Kier molecular flexibility index (Phi) is 3.60. The zero-order valence-electron chi connectivity index (χ0n) is 12.1. The summed E-state index contributed by atoms with van der Waals surface area (Å²) in [4.78, 5) is 12.5. The van der Waals surface area contributed by atoms with Crippen molar-refractivity contribution in [2.45, 2.75) is 6.18 Å². The fraction of sp³-hybridized carbons (Fsp3) is 0.118. The third-order valence-electron chi connectivity index (χ3n) is 3.58. The number of aromatic nitrogens is 1. The van der Waals surface area contributed by atoms with Crippen molar-refractivity contribution in [3.05, 3.63) is 70.6 Å². The van der Waals surface area contributed by atoms with Crippen molar-refractivity contribution >= 4 is 10.8 Å². The Hall–Kier alpha value is -2.76. The minimum atomic E-state index is -4.40. The fourth-order valence-corrected chi connectivity index (χ4v) is 2.37. The van der Waals surface area contributed by atoms with Crippen molar-refractivity contribution < 1.29 is 17.9 Å². The molecule has 0 unspecified atom stereocenters. The summed E-state index contributed by atoms with van der Waals surface area (Å²) in [6, 6.07) is 11.2. The largest absolute Gasteiger partial charge is 0.497 e. The average molecular weight is 319 g/mol. The quantitative estimate of drug-likeness (QED) is 0.714. The number of fused-ring (bicyclic) bond motifs is 1. The Bertz CT molecular complexity index is 912. The van der Waals surface area contributed by atoms with Gasteiger partial charge in [0.05, 0.1) is 12.7 Å². The van der Waals surface area contributed by atoms with E-state index in [1.165, 1.54) is 30.0 Å². The van der Waals surface area contributed by atoms with Crippen molar-refractivity contribution in [3.8, 4) is 11.4 Å². The highest BCUT2D eigenvalue weighted by atomic mass is 19.4. The molecule has 1 aromatic heterocycles. The molecule has 0 radical (unpaired) electrons. The summed E-state index contributed by atoms with van der Waals surface area (Å²) >= 11 is 0. The maximum Gasteiger partial charge on any atom is 0.416 e. The Morgan fingerprint density at radius 2 is 1.70 bits per heavy atom. The first kappa shape index (κ1) is 15.1. The van der Waals surface area contributed by atoms with Gasteiger partial charge in [-0.2, -0.15) is 13.2 Å².